The van der Waals surface area contributed by atoms with Gasteiger partial charge in [-0.05, 0) is 30.4 Å². The molecule has 1 rings (SSSR count). The van der Waals surface area contributed by atoms with Gasteiger partial charge in [0.1, 0.15) is 0 Å². The van der Waals surface area contributed by atoms with Gasteiger partial charge in [0.05, 0.1) is 10.6 Å². The smallest absolute Gasteiger partial charge is 0.178 e. The van der Waals surface area contributed by atoms with E-state index in [1.165, 1.54) is 0 Å². The van der Waals surface area contributed by atoms with Gasteiger partial charge < -0.3 is 5.73 Å². The minimum absolute atomic E-state index is 0.0111. The number of hydrogen-bond acceptors (Lipinski definition) is 3. The Hall–Kier alpha value is -0.870. The topological polar surface area (TPSA) is 60.2 Å². The summed E-state index contributed by atoms with van der Waals surface area (Å²) in [5.74, 6) is 0.535. The lowest BCUT2D eigenvalue weighted by Gasteiger charge is -2.17. The summed E-state index contributed by atoms with van der Waals surface area (Å²) in [5, 5.41) is 0. The molecule has 1 atom stereocenters. The van der Waals surface area contributed by atoms with Gasteiger partial charge in [-0.15, -0.1) is 0 Å². The molecule has 1 unspecified atom stereocenters. The van der Waals surface area contributed by atoms with Crippen LogP contribution in [0.1, 0.15) is 32.8 Å². The Kier molecular flexibility index (Phi) is 5.35. The summed E-state index contributed by atoms with van der Waals surface area (Å²) in [6, 6.07) is 7.18. The Bertz CT molecular complexity index is 480. The van der Waals surface area contributed by atoms with Crippen LogP contribution >= 0.6 is 0 Å². The number of rotatable bonds is 6. The molecule has 0 radical (unpaired) electrons. The minimum atomic E-state index is -3.17. The van der Waals surface area contributed by atoms with Gasteiger partial charge in [-0.3, -0.25) is 0 Å². The van der Waals surface area contributed by atoms with Gasteiger partial charge in [0.25, 0.3) is 0 Å². The van der Waals surface area contributed by atoms with Gasteiger partial charge >= 0.3 is 0 Å². The molecule has 0 heterocycles. The third-order valence-electron chi connectivity index (χ3n) is 3.09. The average molecular weight is 269 g/mol. The fourth-order valence-electron chi connectivity index (χ4n) is 1.84. The lowest BCUT2D eigenvalue weighted by atomic mass is 9.97. The van der Waals surface area contributed by atoms with Crippen molar-refractivity contribution in [1.29, 1.82) is 0 Å². The predicted molar refractivity (Wildman–Crippen MR) is 75.3 cm³/mol. The molecule has 0 saturated heterocycles. The molecule has 2 N–H and O–H groups in total. The molecule has 0 bridgehead atoms. The van der Waals surface area contributed by atoms with Crippen LogP contribution in [-0.2, 0) is 16.3 Å². The van der Waals surface area contributed by atoms with E-state index in [1.54, 1.807) is 12.1 Å². The minimum Gasteiger partial charge on any atom is -0.327 e. The molecule has 0 aliphatic carbocycles. The van der Waals surface area contributed by atoms with Crippen molar-refractivity contribution >= 4 is 9.84 Å². The normalized spacial score (nSPS) is 13.8. The molecule has 1 aromatic carbocycles. The zero-order valence-corrected chi connectivity index (χ0v) is 12.2. The second-order valence-electron chi connectivity index (χ2n) is 5.04. The van der Waals surface area contributed by atoms with Gasteiger partial charge in [-0.25, -0.2) is 8.42 Å². The van der Waals surface area contributed by atoms with Gasteiger partial charge in [0.2, 0.25) is 0 Å². The van der Waals surface area contributed by atoms with E-state index in [2.05, 4.69) is 0 Å². The molecule has 0 fully saturated rings. The standard InChI is InChI=1S/C14H23NO2S/c1-4-9-18(16,17)14-8-6-5-7-12(14)10-13(15)11(2)3/h5-8,11,13H,4,9-10,15H2,1-3H3. The Labute approximate surface area is 110 Å². The Morgan fingerprint density at radius 2 is 1.83 bits per heavy atom. The van der Waals surface area contributed by atoms with Crippen LogP contribution in [0.25, 0.3) is 0 Å². The lowest BCUT2D eigenvalue weighted by molar-refractivity contribution is 0.487. The van der Waals surface area contributed by atoms with E-state index in [4.69, 9.17) is 5.73 Å². The average Bonchev–Trinajstić information content (AvgIpc) is 2.29. The number of hydrogen-bond donors (Lipinski definition) is 1. The van der Waals surface area contributed by atoms with Gasteiger partial charge in [0, 0.05) is 6.04 Å². The monoisotopic (exact) mass is 269 g/mol. The maximum atomic E-state index is 12.2. The van der Waals surface area contributed by atoms with Crippen molar-refractivity contribution in [3.05, 3.63) is 29.8 Å². The number of sulfone groups is 1. The highest BCUT2D eigenvalue weighted by molar-refractivity contribution is 7.91. The molecule has 0 spiro atoms. The van der Waals surface area contributed by atoms with E-state index in [0.29, 0.717) is 23.7 Å². The number of nitrogens with two attached hydrogens (primary N) is 1. The summed E-state index contributed by atoms with van der Waals surface area (Å²) in [6.45, 7) is 5.97. The highest BCUT2D eigenvalue weighted by Crippen LogP contribution is 2.20. The van der Waals surface area contributed by atoms with Crippen molar-refractivity contribution in [3.8, 4) is 0 Å². The molecule has 0 aliphatic rings. The van der Waals surface area contributed by atoms with E-state index in [-0.39, 0.29) is 11.8 Å². The molecule has 0 aromatic heterocycles. The highest BCUT2D eigenvalue weighted by atomic mass is 32.2. The van der Waals surface area contributed by atoms with Crippen LogP contribution < -0.4 is 5.73 Å². The quantitative estimate of drug-likeness (QED) is 0.862. The Balaban J connectivity index is 3.07. The molecule has 0 amide bonds. The number of benzene rings is 1. The molecular formula is C14H23NO2S. The molecule has 102 valence electrons. The van der Waals surface area contributed by atoms with Crippen molar-refractivity contribution in [2.45, 2.75) is 44.6 Å². The summed E-state index contributed by atoms with van der Waals surface area (Å²) in [7, 11) is -3.17. The first-order valence-corrected chi connectivity index (χ1v) is 8.10. The predicted octanol–water partition coefficient (Wildman–Crippen LogP) is 2.40. The zero-order valence-electron chi connectivity index (χ0n) is 11.4. The fraction of sp³-hybridized carbons (Fsp3) is 0.571. The van der Waals surface area contributed by atoms with E-state index in [1.807, 2.05) is 32.9 Å². The molecule has 4 heteroatoms. The van der Waals surface area contributed by atoms with Crippen molar-refractivity contribution < 1.29 is 8.42 Å². The first-order chi connectivity index (χ1) is 8.38. The van der Waals surface area contributed by atoms with Crippen molar-refractivity contribution in [3.63, 3.8) is 0 Å². The first-order valence-electron chi connectivity index (χ1n) is 6.44. The van der Waals surface area contributed by atoms with Gasteiger partial charge in [-0.1, -0.05) is 39.0 Å². The highest BCUT2D eigenvalue weighted by Gasteiger charge is 2.19. The summed E-state index contributed by atoms with van der Waals surface area (Å²) in [5.41, 5.74) is 6.88. The summed E-state index contributed by atoms with van der Waals surface area (Å²) in [6.07, 6.45) is 1.24. The van der Waals surface area contributed by atoms with Crippen molar-refractivity contribution in [2.24, 2.45) is 11.7 Å². The van der Waals surface area contributed by atoms with Crippen LogP contribution in [0.15, 0.2) is 29.2 Å². The first kappa shape index (κ1) is 15.2. The van der Waals surface area contributed by atoms with E-state index >= 15 is 0 Å². The molecule has 18 heavy (non-hydrogen) atoms. The summed E-state index contributed by atoms with van der Waals surface area (Å²) >= 11 is 0. The third kappa shape index (κ3) is 3.82. The van der Waals surface area contributed by atoms with Crippen LogP contribution in [0.5, 0.6) is 0 Å². The summed E-state index contributed by atoms with van der Waals surface area (Å²) < 4.78 is 24.3. The molecule has 1 aromatic rings. The molecule has 0 saturated carbocycles. The van der Waals surface area contributed by atoms with E-state index in [0.717, 1.165) is 5.56 Å². The SMILES string of the molecule is CCCS(=O)(=O)c1ccccc1CC(N)C(C)C. The second kappa shape index (κ2) is 6.34. The molecular weight excluding hydrogens is 246 g/mol. The fourth-order valence-corrected chi connectivity index (χ4v) is 3.44. The molecule has 0 aliphatic heterocycles. The van der Waals surface area contributed by atoms with E-state index < -0.39 is 9.84 Å². The summed E-state index contributed by atoms with van der Waals surface area (Å²) in [4.78, 5) is 0.447. The van der Waals surface area contributed by atoms with Gasteiger partial charge in [0.15, 0.2) is 9.84 Å². The Morgan fingerprint density at radius 3 is 2.39 bits per heavy atom. The van der Waals surface area contributed by atoms with Crippen LogP contribution in [0.3, 0.4) is 0 Å². The van der Waals surface area contributed by atoms with Crippen LogP contribution in [0.4, 0.5) is 0 Å². The van der Waals surface area contributed by atoms with Crippen molar-refractivity contribution in [1.82, 2.24) is 0 Å². The van der Waals surface area contributed by atoms with Crippen molar-refractivity contribution in [2.75, 3.05) is 5.75 Å². The van der Waals surface area contributed by atoms with Gasteiger partial charge in [-0.2, -0.15) is 0 Å². The van der Waals surface area contributed by atoms with E-state index in [9.17, 15) is 8.42 Å². The lowest BCUT2D eigenvalue weighted by Crippen LogP contribution is -2.29. The third-order valence-corrected chi connectivity index (χ3v) is 5.11. The molecule has 3 nitrogen and oxygen atoms in total. The maximum Gasteiger partial charge on any atom is 0.178 e. The second-order valence-corrected chi connectivity index (χ2v) is 7.12. The van der Waals surface area contributed by atoms with Crippen LogP contribution in [-0.4, -0.2) is 20.2 Å². The zero-order chi connectivity index (χ0) is 13.8. The Morgan fingerprint density at radius 1 is 1.22 bits per heavy atom. The largest absolute Gasteiger partial charge is 0.327 e. The van der Waals surface area contributed by atoms with Crippen LogP contribution in [0, 0.1) is 5.92 Å². The van der Waals surface area contributed by atoms with Crippen LogP contribution in [0.2, 0.25) is 0 Å². The maximum absolute atomic E-state index is 12.2.